The monoisotopic (exact) mass is 320 g/mol. The zero-order chi connectivity index (χ0) is 16.4. The minimum Gasteiger partial charge on any atom is -0.491 e. The number of carbonyl (C=O) groups excluding carboxylic acids is 2. The molecule has 1 aromatic rings. The highest BCUT2D eigenvalue weighted by atomic mass is 16.5. The van der Waals surface area contributed by atoms with E-state index in [1.54, 1.807) is 35.7 Å². The van der Waals surface area contributed by atoms with Crippen LogP contribution in [0.15, 0.2) is 18.2 Å². The van der Waals surface area contributed by atoms with Crippen molar-refractivity contribution < 1.29 is 24.3 Å². The number of rotatable bonds is 3. The van der Waals surface area contributed by atoms with E-state index >= 15 is 0 Å². The number of fused-ring (bicyclic) bond motifs is 1. The first-order valence-corrected chi connectivity index (χ1v) is 7.64. The summed E-state index contributed by atoms with van der Waals surface area (Å²) >= 11 is 0. The number of nitrogens with one attached hydrogen (secondary N) is 1. The molecule has 0 unspecified atom stereocenters. The molecule has 1 aliphatic heterocycles. The van der Waals surface area contributed by atoms with Gasteiger partial charge >= 0.3 is 0 Å². The number of hydrogen-bond acceptors (Lipinski definition) is 5. The van der Waals surface area contributed by atoms with Crippen LogP contribution in [-0.4, -0.2) is 47.8 Å². The second kappa shape index (κ2) is 6.17. The summed E-state index contributed by atoms with van der Waals surface area (Å²) < 4.78 is 11.1. The molecule has 23 heavy (non-hydrogen) atoms. The summed E-state index contributed by atoms with van der Waals surface area (Å²) in [7, 11) is 1.58. The summed E-state index contributed by atoms with van der Waals surface area (Å²) in [5, 5.41) is 8.71. The molecule has 1 aliphatic carbocycles. The lowest BCUT2D eigenvalue weighted by Gasteiger charge is -2.41. The van der Waals surface area contributed by atoms with Crippen molar-refractivity contribution in [2.24, 2.45) is 0 Å². The molecule has 0 saturated heterocycles. The number of ether oxygens (including phenoxy) is 2. The van der Waals surface area contributed by atoms with Crippen molar-refractivity contribution >= 4 is 11.8 Å². The number of benzene rings is 1. The van der Waals surface area contributed by atoms with Gasteiger partial charge in [0, 0.05) is 24.8 Å². The predicted molar refractivity (Wildman–Crippen MR) is 80.2 cm³/mol. The van der Waals surface area contributed by atoms with E-state index in [2.05, 4.69) is 0 Å². The Hall–Kier alpha value is -2.12. The van der Waals surface area contributed by atoms with Crippen LogP contribution in [0.3, 0.4) is 0 Å². The molecule has 0 bridgehead atoms. The van der Waals surface area contributed by atoms with Crippen LogP contribution in [0.5, 0.6) is 5.75 Å². The van der Waals surface area contributed by atoms with E-state index in [4.69, 9.17) is 14.7 Å². The molecule has 1 saturated carbocycles. The lowest BCUT2D eigenvalue weighted by Crippen LogP contribution is -2.54. The van der Waals surface area contributed by atoms with Gasteiger partial charge in [-0.15, -0.1) is 0 Å². The van der Waals surface area contributed by atoms with Crippen LogP contribution in [0.2, 0.25) is 0 Å². The van der Waals surface area contributed by atoms with Crippen molar-refractivity contribution in [3.8, 4) is 5.75 Å². The number of amides is 2. The molecule has 1 fully saturated rings. The zero-order valence-electron chi connectivity index (χ0n) is 13.0. The highest BCUT2D eigenvalue weighted by molar-refractivity contribution is 5.94. The van der Waals surface area contributed by atoms with Crippen molar-refractivity contribution in [2.45, 2.75) is 31.4 Å². The van der Waals surface area contributed by atoms with Crippen LogP contribution in [0.25, 0.3) is 0 Å². The van der Waals surface area contributed by atoms with Gasteiger partial charge in [-0.2, -0.15) is 0 Å². The van der Waals surface area contributed by atoms with Crippen molar-refractivity contribution in [1.82, 2.24) is 10.4 Å². The number of carbonyl (C=O) groups is 2. The van der Waals surface area contributed by atoms with Gasteiger partial charge in [-0.3, -0.25) is 14.8 Å². The minimum atomic E-state index is -0.679. The van der Waals surface area contributed by atoms with Gasteiger partial charge in [0.2, 0.25) is 0 Å². The van der Waals surface area contributed by atoms with Crippen LogP contribution < -0.4 is 10.2 Å². The van der Waals surface area contributed by atoms with Crippen LogP contribution in [0, 0.1) is 0 Å². The first-order chi connectivity index (χ1) is 11.1. The molecule has 1 aromatic carbocycles. The Kier molecular flexibility index (Phi) is 4.23. The summed E-state index contributed by atoms with van der Waals surface area (Å²) in [6, 6.07) is 4.91. The molecule has 7 heteroatoms. The maximum Gasteiger partial charge on any atom is 0.274 e. The van der Waals surface area contributed by atoms with E-state index in [0.29, 0.717) is 31.0 Å². The third-order valence-corrected chi connectivity index (χ3v) is 4.64. The SMILES string of the molecule is COC1(C(=O)N2CCOc3cc(C(=O)NO)ccc3C2)CCC1. The molecule has 0 radical (unpaired) electrons. The molecule has 0 aromatic heterocycles. The average molecular weight is 320 g/mol. The summed E-state index contributed by atoms with van der Waals surface area (Å²) in [6.07, 6.45) is 2.50. The van der Waals surface area contributed by atoms with Crippen LogP contribution in [0.1, 0.15) is 35.2 Å². The normalized spacial score (nSPS) is 19.0. The van der Waals surface area contributed by atoms with Crippen LogP contribution in [0.4, 0.5) is 0 Å². The Labute approximate surface area is 134 Å². The summed E-state index contributed by atoms with van der Waals surface area (Å²) in [6.45, 7) is 1.24. The van der Waals surface area contributed by atoms with Crippen molar-refractivity contribution in [1.29, 1.82) is 0 Å². The van der Waals surface area contributed by atoms with Gasteiger partial charge in [0.15, 0.2) is 0 Å². The minimum absolute atomic E-state index is 0.000113. The number of methoxy groups -OCH3 is 1. The largest absolute Gasteiger partial charge is 0.491 e. The van der Waals surface area contributed by atoms with E-state index < -0.39 is 11.5 Å². The van der Waals surface area contributed by atoms with E-state index in [0.717, 1.165) is 24.8 Å². The summed E-state index contributed by atoms with van der Waals surface area (Å²) in [5.74, 6) is -0.0391. The third-order valence-electron chi connectivity index (χ3n) is 4.64. The molecule has 0 spiro atoms. The quantitative estimate of drug-likeness (QED) is 0.643. The second-order valence-electron chi connectivity index (χ2n) is 5.89. The fourth-order valence-corrected chi connectivity index (χ4v) is 3.04. The Morgan fingerprint density at radius 2 is 2.17 bits per heavy atom. The van der Waals surface area contributed by atoms with E-state index in [1.165, 1.54) is 0 Å². The lowest BCUT2D eigenvalue weighted by atomic mass is 9.78. The average Bonchev–Trinajstić information content (AvgIpc) is 2.75. The molecule has 0 atom stereocenters. The first-order valence-electron chi connectivity index (χ1n) is 7.64. The first kappa shape index (κ1) is 15.8. The molecule has 2 N–H and O–H groups in total. The Morgan fingerprint density at radius 1 is 1.39 bits per heavy atom. The fourth-order valence-electron chi connectivity index (χ4n) is 3.04. The molecular weight excluding hydrogens is 300 g/mol. The molecule has 124 valence electrons. The topological polar surface area (TPSA) is 88.1 Å². The maximum atomic E-state index is 12.8. The second-order valence-corrected chi connectivity index (χ2v) is 5.89. The number of nitrogens with zero attached hydrogens (tertiary/aromatic N) is 1. The van der Waals surface area contributed by atoms with Crippen molar-refractivity contribution in [2.75, 3.05) is 20.3 Å². The van der Waals surface area contributed by atoms with Gasteiger partial charge in [-0.05, 0) is 31.4 Å². The molecule has 2 aliphatic rings. The van der Waals surface area contributed by atoms with Gasteiger partial charge in [0.05, 0.1) is 6.54 Å². The molecule has 7 nitrogen and oxygen atoms in total. The maximum absolute atomic E-state index is 12.8. The Bertz CT molecular complexity index is 621. The molecular formula is C16H20N2O5. The summed E-state index contributed by atoms with van der Waals surface area (Å²) in [4.78, 5) is 26.0. The van der Waals surface area contributed by atoms with Gasteiger partial charge < -0.3 is 14.4 Å². The van der Waals surface area contributed by atoms with Crippen LogP contribution >= 0.6 is 0 Å². The highest BCUT2D eigenvalue weighted by Gasteiger charge is 2.47. The molecule has 3 rings (SSSR count). The summed E-state index contributed by atoms with van der Waals surface area (Å²) in [5.41, 5.74) is 2.05. The van der Waals surface area contributed by atoms with Gasteiger partial charge in [0.1, 0.15) is 18.0 Å². The van der Waals surface area contributed by atoms with E-state index in [1.807, 2.05) is 0 Å². The van der Waals surface area contributed by atoms with E-state index in [9.17, 15) is 9.59 Å². The standard InChI is InChI=1S/C16H20N2O5/c1-22-16(5-2-6-16)15(20)18-7-8-23-13-9-11(14(19)17-21)3-4-12(13)10-18/h3-4,9,21H,2,5-8,10H2,1H3,(H,17,19). The lowest BCUT2D eigenvalue weighted by molar-refractivity contribution is -0.166. The smallest absolute Gasteiger partial charge is 0.274 e. The Balaban J connectivity index is 1.81. The predicted octanol–water partition coefficient (Wildman–Crippen LogP) is 1.10. The fraction of sp³-hybridized carbons (Fsp3) is 0.500. The van der Waals surface area contributed by atoms with Gasteiger partial charge in [-0.25, -0.2) is 5.48 Å². The Morgan fingerprint density at radius 3 is 2.78 bits per heavy atom. The molecule has 1 heterocycles. The van der Waals surface area contributed by atoms with Gasteiger partial charge in [0.25, 0.3) is 11.8 Å². The van der Waals surface area contributed by atoms with Gasteiger partial charge in [-0.1, -0.05) is 6.07 Å². The third kappa shape index (κ3) is 2.77. The van der Waals surface area contributed by atoms with Crippen molar-refractivity contribution in [3.63, 3.8) is 0 Å². The highest BCUT2D eigenvalue weighted by Crippen LogP contribution is 2.37. The van der Waals surface area contributed by atoms with Crippen molar-refractivity contribution in [3.05, 3.63) is 29.3 Å². The van der Waals surface area contributed by atoms with E-state index in [-0.39, 0.29) is 5.91 Å². The van der Waals surface area contributed by atoms with Crippen LogP contribution in [-0.2, 0) is 16.1 Å². The number of hydrogen-bond donors (Lipinski definition) is 2. The molecule has 2 amide bonds. The number of hydroxylamine groups is 1. The zero-order valence-corrected chi connectivity index (χ0v) is 13.0.